The highest BCUT2D eigenvalue weighted by Gasteiger charge is 2.21. The van der Waals surface area contributed by atoms with Crippen LogP contribution in [0, 0.1) is 12.8 Å². The van der Waals surface area contributed by atoms with Gasteiger partial charge in [0.05, 0.1) is 0 Å². The largest absolute Gasteiger partial charge is 0.303 e. The summed E-state index contributed by atoms with van der Waals surface area (Å²) in [4.78, 5) is 7.00. The smallest absolute Gasteiger partial charge is 0.0407 e. The molecular formula is C13H20N2. The number of hydrogen-bond acceptors (Lipinski definition) is 2. The van der Waals surface area contributed by atoms with Gasteiger partial charge in [0.25, 0.3) is 0 Å². The third kappa shape index (κ3) is 2.78. The van der Waals surface area contributed by atoms with Crippen molar-refractivity contribution in [3.63, 3.8) is 0 Å². The van der Waals surface area contributed by atoms with Gasteiger partial charge in [-0.1, -0.05) is 13.0 Å². The van der Waals surface area contributed by atoms with Crippen molar-refractivity contribution >= 4 is 0 Å². The van der Waals surface area contributed by atoms with Crippen molar-refractivity contribution in [3.05, 3.63) is 29.6 Å². The zero-order valence-electron chi connectivity index (χ0n) is 9.74. The standard InChI is InChI=1S/C13H20N2/c1-3-15-7-6-12(10-15)8-13-5-4-11(2)9-14-13/h4-5,9,12H,3,6-8,10H2,1-2H3. The van der Waals surface area contributed by atoms with E-state index in [1.165, 1.54) is 37.3 Å². The molecule has 1 saturated heterocycles. The second kappa shape index (κ2) is 4.75. The molecule has 2 heteroatoms. The Balaban J connectivity index is 1.90. The molecule has 1 aliphatic rings. The van der Waals surface area contributed by atoms with Gasteiger partial charge in [-0.05, 0) is 50.4 Å². The maximum absolute atomic E-state index is 4.47. The van der Waals surface area contributed by atoms with Crippen LogP contribution in [-0.4, -0.2) is 29.5 Å². The quantitative estimate of drug-likeness (QED) is 0.751. The van der Waals surface area contributed by atoms with Gasteiger partial charge in [-0.2, -0.15) is 0 Å². The minimum Gasteiger partial charge on any atom is -0.303 e. The lowest BCUT2D eigenvalue weighted by molar-refractivity contribution is 0.341. The summed E-state index contributed by atoms with van der Waals surface area (Å²) < 4.78 is 0. The van der Waals surface area contributed by atoms with E-state index in [9.17, 15) is 0 Å². The Bertz CT molecular complexity index is 305. The predicted octanol–water partition coefficient (Wildman–Crippen LogP) is 2.27. The minimum atomic E-state index is 0.820. The summed E-state index contributed by atoms with van der Waals surface area (Å²) in [7, 11) is 0. The molecule has 1 aromatic heterocycles. The number of likely N-dealkylation sites (tertiary alicyclic amines) is 1. The van der Waals surface area contributed by atoms with Crippen LogP contribution in [0.15, 0.2) is 18.3 Å². The number of aryl methyl sites for hydroxylation is 1. The van der Waals surface area contributed by atoms with Crippen LogP contribution in [0.25, 0.3) is 0 Å². The van der Waals surface area contributed by atoms with Crippen LogP contribution in [0.5, 0.6) is 0 Å². The summed E-state index contributed by atoms with van der Waals surface area (Å²) in [6, 6.07) is 4.33. The molecule has 82 valence electrons. The Hall–Kier alpha value is -0.890. The molecule has 1 aromatic rings. The van der Waals surface area contributed by atoms with Crippen LogP contribution in [0.2, 0.25) is 0 Å². The molecule has 0 spiro atoms. The first-order valence-electron chi connectivity index (χ1n) is 5.92. The molecule has 2 nitrogen and oxygen atoms in total. The van der Waals surface area contributed by atoms with E-state index < -0.39 is 0 Å². The van der Waals surface area contributed by atoms with Crippen molar-refractivity contribution in [1.29, 1.82) is 0 Å². The Morgan fingerprint density at radius 1 is 1.47 bits per heavy atom. The Kier molecular flexibility index (Phi) is 3.37. The van der Waals surface area contributed by atoms with Gasteiger partial charge in [0, 0.05) is 18.4 Å². The van der Waals surface area contributed by atoms with E-state index in [0.717, 1.165) is 12.3 Å². The molecule has 0 saturated carbocycles. The zero-order chi connectivity index (χ0) is 10.7. The molecule has 1 atom stereocenters. The summed E-state index contributed by atoms with van der Waals surface area (Å²) in [5.41, 5.74) is 2.50. The van der Waals surface area contributed by atoms with E-state index in [1.807, 2.05) is 6.20 Å². The van der Waals surface area contributed by atoms with Crippen LogP contribution in [0.3, 0.4) is 0 Å². The van der Waals surface area contributed by atoms with Crippen LogP contribution >= 0.6 is 0 Å². The molecule has 1 fully saturated rings. The SMILES string of the molecule is CCN1CCC(Cc2ccc(C)cn2)C1. The molecule has 15 heavy (non-hydrogen) atoms. The third-order valence-electron chi connectivity index (χ3n) is 3.29. The fourth-order valence-corrected chi connectivity index (χ4v) is 2.28. The van der Waals surface area contributed by atoms with Gasteiger partial charge in [0.2, 0.25) is 0 Å². The van der Waals surface area contributed by atoms with E-state index in [2.05, 4.69) is 35.9 Å². The van der Waals surface area contributed by atoms with Gasteiger partial charge in [0.1, 0.15) is 0 Å². The second-order valence-corrected chi connectivity index (χ2v) is 4.58. The molecule has 0 aromatic carbocycles. The Morgan fingerprint density at radius 3 is 2.93 bits per heavy atom. The summed E-state index contributed by atoms with van der Waals surface area (Å²) in [6.45, 7) is 8.05. The van der Waals surface area contributed by atoms with Gasteiger partial charge in [-0.15, -0.1) is 0 Å². The molecule has 0 radical (unpaired) electrons. The lowest BCUT2D eigenvalue weighted by atomic mass is 10.0. The first-order valence-corrected chi connectivity index (χ1v) is 5.92. The summed E-state index contributed by atoms with van der Waals surface area (Å²) in [5, 5.41) is 0. The first kappa shape index (κ1) is 10.6. The van der Waals surface area contributed by atoms with Gasteiger partial charge >= 0.3 is 0 Å². The Labute approximate surface area is 92.3 Å². The lowest BCUT2D eigenvalue weighted by Gasteiger charge is -2.12. The third-order valence-corrected chi connectivity index (χ3v) is 3.29. The number of pyridine rings is 1. The maximum Gasteiger partial charge on any atom is 0.0407 e. The summed E-state index contributed by atoms with van der Waals surface area (Å²) >= 11 is 0. The van der Waals surface area contributed by atoms with Crippen molar-refractivity contribution < 1.29 is 0 Å². The van der Waals surface area contributed by atoms with E-state index >= 15 is 0 Å². The van der Waals surface area contributed by atoms with E-state index in [1.54, 1.807) is 0 Å². The van der Waals surface area contributed by atoms with Crippen molar-refractivity contribution in [2.24, 2.45) is 5.92 Å². The molecule has 0 amide bonds. The highest BCUT2D eigenvalue weighted by atomic mass is 15.1. The lowest BCUT2D eigenvalue weighted by Crippen LogP contribution is -2.20. The van der Waals surface area contributed by atoms with Crippen molar-refractivity contribution in [1.82, 2.24) is 9.88 Å². The van der Waals surface area contributed by atoms with E-state index in [4.69, 9.17) is 0 Å². The van der Waals surface area contributed by atoms with Crippen molar-refractivity contribution in [2.75, 3.05) is 19.6 Å². The van der Waals surface area contributed by atoms with Gasteiger partial charge in [-0.25, -0.2) is 0 Å². The van der Waals surface area contributed by atoms with Gasteiger partial charge < -0.3 is 4.90 Å². The van der Waals surface area contributed by atoms with Gasteiger partial charge in [-0.3, -0.25) is 4.98 Å². The highest BCUT2D eigenvalue weighted by Crippen LogP contribution is 2.19. The molecule has 2 rings (SSSR count). The topological polar surface area (TPSA) is 16.1 Å². The summed E-state index contributed by atoms with van der Waals surface area (Å²) in [5.74, 6) is 0.820. The maximum atomic E-state index is 4.47. The number of nitrogens with zero attached hydrogens (tertiary/aromatic N) is 2. The molecule has 1 aliphatic heterocycles. The number of aromatic nitrogens is 1. The summed E-state index contributed by atoms with van der Waals surface area (Å²) in [6.07, 6.45) is 4.46. The van der Waals surface area contributed by atoms with Crippen LogP contribution < -0.4 is 0 Å². The minimum absolute atomic E-state index is 0.820. The Morgan fingerprint density at radius 2 is 2.33 bits per heavy atom. The van der Waals surface area contributed by atoms with Crippen molar-refractivity contribution in [2.45, 2.75) is 26.7 Å². The fourth-order valence-electron chi connectivity index (χ4n) is 2.28. The molecule has 1 unspecified atom stereocenters. The fraction of sp³-hybridized carbons (Fsp3) is 0.615. The zero-order valence-corrected chi connectivity index (χ0v) is 9.74. The number of hydrogen-bond donors (Lipinski definition) is 0. The normalized spacial score (nSPS) is 22.1. The molecule has 2 heterocycles. The highest BCUT2D eigenvalue weighted by molar-refractivity contribution is 5.12. The molecular weight excluding hydrogens is 184 g/mol. The molecule has 0 aliphatic carbocycles. The average molecular weight is 204 g/mol. The average Bonchev–Trinajstić information content (AvgIpc) is 2.69. The second-order valence-electron chi connectivity index (χ2n) is 4.58. The number of rotatable bonds is 3. The molecule has 0 N–H and O–H groups in total. The predicted molar refractivity (Wildman–Crippen MR) is 62.9 cm³/mol. The monoisotopic (exact) mass is 204 g/mol. The first-order chi connectivity index (χ1) is 7.28. The molecule has 0 bridgehead atoms. The van der Waals surface area contributed by atoms with Crippen LogP contribution in [-0.2, 0) is 6.42 Å². The van der Waals surface area contributed by atoms with Crippen LogP contribution in [0.1, 0.15) is 24.6 Å². The van der Waals surface area contributed by atoms with Crippen LogP contribution in [0.4, 0.5) is 0 Å². The van der Waals surface area contributed by atoms with E-state index in [0.29, 0.717) is 0 Å². The van der Waals surface area contributed by atoms with Crippen molar-refractivity contribution in [3.8, 4) is 0 Å². The van der Waals surface area contributed by atoms with Gasteiger partial charge in [0.15, 0.2) is 0 Å². The van der Waals surface area contributed by atoms with E-state index in [-0.39, 0.29) is 0 Å².